The Bertz CT molecular complexity index is 661. The van der Waals surface area contributed by atoms with Gasteiger partial charge in [-0.1, -0.05) is 17.7 Å². The van der Waals surface area contributed by atoms with E-state index in [2.05, 4.69) is 0 Å². The zero-order valence-electron chi connectivity index (χ0n) is 11.8. The molecule has 1 atom stereocenters. The van der Waals surface area contributed by atoms with Crippen LogP contribution in [0.15, 0.2) is 30.3 Å². The molecule has 0 spiro atoms. The highest BCUT2D eigenvalue weighted by Gasteiger charge is 2.20. The fourth-order valence-corrected chi connectivity index (χ4v) is 2.46. The summed E-state index contributed by atoms with van der Waals surface area (Å²) < 4.78 is 33.2. The van der Waals surface area contributed by atoms with Gasteiger partial charge in [0, 0.05) is 16.6 Å². The molecule has 2 nitrogen and oxygen atoms in total. The first-order chi connectivity index (χ1) is 9.93. The van der Waals surface area contributed by atoms with Gasteiger partial charge in [-0.2, -0.15) is 0 Å². The summed E-state index contributed by atoms with van der Waals surface area (Å²) in [4.78, 5) is 0. The van der Waals surface area contributed by atoms with E-state index in [9.17, 15) is 8.78 Å². The van der Waals surface area contributed by atoms with Crippen LogP contribution in [0, 0.1) is 18.6 Å². The molecule has 0 aromatic heterocycles. The van der Waals surface area contributed by atoms with Gasteiger partial charge in [-0.25, -0.2) is 8.78 Å². The van der Waals surface area contributed by atoms with Gasteiger partial charge in [0.15, 0.2) is 0 Å². The van der Waals surface area contributed by atoms with Crippen LogP contribution < -0.4 is 10.5 Å². The average molecular weight is 312 g/mol. The summed E-state index contributed by atoms with van der Waals surface area (Å²) in [5.41, 5.74) is 6.95. The molecule has 0 aliphatic carbocycles. The monoisotopic (exact) mass is 311 g/mol. The molecule has 0 heterocycles. The standard InChI is InChI=1S/C16H16ClF2NO/c1-9-3-5-12(18)15(16(9)19)13(20)8-10-7-11(17)4-6-14(10)21-2/h3-7,13H,8,20H2,1-2H3. The van der Waals surface area contributed by atoms with Gasteiger partial charge in [0.1, 0.15) is 17.4 Å². The molecule has 5 heteroatoms. The smallest absolute Gasteiger partial charge is 0.133 e. The second kappa shape index (κ2) is 6.41. The fourth-order valence-electron chi connectivity index (χ4n) is 2.26. The molecule has 112 valence electrons. The lowest BCUT2D eigenvalue weighted by atomic mass is 9.96. The first kappa shape index (κ1) is 15.7. The van der Waals surface area contributed by atoms with Crippen LogP contribution in [0.25, 0.3) is 0 Å². The van der Waals surface area contributed by atoms with Gasteiger partial charge in [0.05, 0.1) is 7.11 Å². The zero-order valence-corrected chi connectivity index (χ0v) is 12.5. The van der Waals surface area contributed by atoms with Gasteiger partial charge in [-0.15, -0.1) is 0 Å². The van der Waals surface area contributed by atoms with Crippen molar-refractivity contribution in [3.05, 3.63) is 63.7 Å². The first-order valence-corrected chi connectivity index (χ1v) is 6.84. The van der Waals surface area contributed by atoms with Crippen molar-refractivity contribution >= 4 is 11.6 Å². The van der Waals surface area contributed by atoms with Crippen LogP contribution >= 0.6 is 11.6 Å². The number of hydrogen-bond donors (Lipinski definition) is 1. The highest BCUT2D eigenvalue weighted by Crippen LogP contribution is 2.29. The predicted octanol–water partition coefficient (Wildman–Crippen LogP) is 4.18. The SMILES string of the molecule is COc1ccc(Cl)cc1CC(N)c1c(F)ccc(C)c1F. The third kappa shape index (κ3) is 3.34. The summed E-state index contributed by atoms with van der Waals surface area (Å²) >= 11 is 5.95. The van der Waals surface area contributed by atoms with E-state index in [1.807, 2.05) is 0 Å². The van der Waals surface area contributed by atoms with E-state index in [-0.39, 0.29) is 12.0 Å². The number of nitrogens with two attached hydrogens (primary N) is 1. The molecule has 0 saturated carbocycles. The molecule has 0 fully saturated rings. The summed E-state index contributed by atoms with van der Waals surface area (Å²) in [7, 11) is 1.52. The van der Waals surface area contributed by atoms with Crippen LogP contribution in [0.1, 0.15) is 22.7 Å². The van der Waals surface area contributed by atoms with Crippen LogP contribution in [0.3, 0.4) is 0 Å². The molecule has 0 amide bonds. The maximum absolute atomic E-state index is 14.1. The van der Waals surface area contributed by atoms with E-state index < -0.39 is 17.7 Å². The summed E-state index contributed by atoms with van der Waals surface area (Å²) in [5, 5.41) is 0.517. The molecule has 0 aliphatic rings. The molecule has 2 aromatic rings. The van der Waals surface area contributed by atoms with Gasteiger partial charge >= 0.3 is 0 Å². The Labute approximate surface area is 127 Å². The number of benzene rings is 2. The molecule has 2 aromatic carbocycles. The lowest BCUT2D eigenvalue weighted by molar-refractivity contribution is 0.407. The van der Waals surface area contributed by atoms with Crippen molar-refractivity contribution in [1.82, 2.24) is 0 Å². The molecule has 0 radical (unpaired) electrons. The van der Waals surface area contributed by atoms with Gasteiger partial charge in [-0.05, 0) is 48.7 Å². The van der Waals surface area contributed by atoms with E-state index in [0.29, 0.717) is 21.9 Å². The Morgan fingerprint density at radius 2 is 1.95 bits per heavy atom. The van der Waals surface area contributed by atoms with Crippen molar-refractivity contribution in [2.75, 3.05) is 7.11 Å². The molecule has 21 heavy (non-hydrogen) atoms. The highest BCUT2D eigenvalue weighted by molar-refractivity contribution is 6.30. The van der Waals surface area contributed by atoms with E-state index in [1.54, 1.807) is 25.1 Å². The van der Waals surface area contributed by atoms with Crippen LogP contribution in [0.2, 0.25) is 5.02 Å². The van der Waals surface area contributed by atoms with Gasteiger partial charge < -0.3 is 10.5 Å². The number of rotatable bonds is 4. The third-order valence-electron chi connectivity index (χ3n) is 3.37. The van der Waals surface area contributed by atoms with E-state index >= 15 is 0 Å². The molecule has 2 N–H and O–H groups in total. The minimum atomic E-state index is -0.822. The molecular weight excluding hydrogens is 296 g/mol. The van der Waals surface area contributed by atoms with Crippen LogP contribution in [-0.4, -0.2) is 7.11 Å². The van der Waals surface area contributed by atoms with Crippen molar-refractivity contribution in [3.8, 4) is 5.75 Å². The summed E-state index contributed by atoms with van der Waals surface area (Å²) in [6.07, 6.45) is 0.223. The Kier molecular flexibility index (Phi) is 4.80. The Morgan fingerprint density at radius 1 is 1.24 bits per heavy atom. The second-order valence-corrected chi connectivity index (χ2v) is 5.30. The largest absolute Gasteiger partial charge is 0.496 e. The number of ether oxygens (including phenoxy) is 1. The maximum Gasteiger partial charge on any atom is 0.133 e. The first-order valence-electron chi connectivity index (χ1n) is 6.46. The molecular formula is C16H16ClF2NO. The molecule has 0 bridgehead atoms. The number of halogens is 3. The van der Waals surface area contributed by atoms with E-state index in [4.69, 9.17) is 22.1 Å². The molecule has 1 unspecified atom stereocenters. The van der Waals surface area contributed by atoms with Crippen molar-refractivity contribution in [1.29, 1.82) is 0 Å². The summed E-state index contributed by atoms with van der Waals surface area (Å²) in [6.45, 7) is 1.57. The number of methoxy groups -OCH3 is 1. The van der Waals surface area contributed by atoms with Crippen molar-refractivity contribution in [2.24, 2.45) is 5.73 Å². The molecule has 0 saturated heterocycles. The number of hydrogen-bond acceptors (Lipinski definition) is 2. The maximum atomic E-state index is 14.1. The quantitative estimate of drug-likeness (QED) is 0.919. The summed E-state index contributed by atoms with van der Waals surface area (Å²) in [5.74, 6) is -0.668. The lowest BCUT2D eigenvalue weighted by Gasteiger charge is -2.17. The Morgan fingerprint density at radius 3 is 2.62 bits per heavy atom. The van der Waals surface area contributed by atoms with E-state index in [1.165, 1.54) is 19.2 Å². The summed E-state index contributed by atoms with van der Waals surface area (Å²) in [6, 6.07) is 6.86. The minimum Gasteiger partial charge on any atom is -0.496 e. The topological polar surface area (TPSA) is 35.2 Å². The van der Waals surface area contributed by atoms with Crippen LogP contribution in [-0.2, 0) is 6.42 Å². The van der Waals surface area contributed by atoms with Crippen LogP contribution in [0.4, 0.5) is 8.78 Å². The minimum absolute atomic E-state index is 0.114. The van der Waals surface area contributed by atoms with Crippen molar-refractivity contribution < 1.29 is 13.5 Å². The normalized spacial score (nSPS) is 12.3. The third-order valence-corrected chi connectivity index (χ3v) is 3.61. The number of aryl methyl sites for hydroxylation is 1. The Balaban J connectivity index is 2.37. The predicted molar refractivity (Wildman–Crippen MR) is 79.7 cm³/mol. The van der Waals surface area contributed by atoms with E-state index in [0.717, 1.165) is 0 Å². The Hall–Kier alpha value is -1.65. The molecule has 0 aliphatic heterocycles. The highest BCUT2D eigenvalue weighted by atomic mass is 35.5. The fraction of sp³-hybridized carbons (Fsp3) is 0.250. The van der Waals surface area contributed by atoms with Crippen molar-refractivity contribution in [2.45, 2.75) is 19.4 Å². The van der Waals surface area contributed by atoms with Gasteiger partial charge in [0.25, 0.3) is 0 Å². The van der Waals surface area contributed by atoms with Crippen molar-refractivity contribution in [3.63, 3.8) is 0 Å². The second-order valence-electron chi connectivity index (χ2n) is 4.86. The zero-order chi connectivity index (χ0) is 15.6. The molecule has 2 rings (SSSR count). The van der Waals surface area contributed by atoms with Gasteiger partial charge in [0.2, 0.25) is 0 Å². The van der Waals surface area contributed by atoms with Gasteiger partial charge in [-0.3, -0.25) is 0 Å². The lowest BCUT2D eigenvalue weighted by Crippen LogP contribution is -2.18. The van der Waals surface area contributed by atoms with Crippen LogP contribution in [0.5, 0.6) is 5.75 Å². The average Bonchev–Trinajstić information content (AvgIpc) is 2.43.